The van der Waals surface area contributed by atoms with E-state index in [9.17, 15) is 19.2 Å². The number of esters is 1. The summed E-state index contributed by atoms with van der Waals surface area (Å²) in [6.07, 6.45) is 0.909. The van der Waals surface area contributed by atoms with Crippen molar-refractivity contribution in [2.75, 3.05) is 24.3 Å². The second-order valence-corrected chi connectivity index (χ2v) is 7.18. The molecule has 2 aromatic rings. The average Bonchev–Trinajstić information content (AvgIpc) is 3.49. The fraction of sp³-hybridized carbons (Fsp3) is 0.273. The highest BCUT2D eigenvalue weighted by Gasteiger charge is 2.39. The van der Waals surface area contributed by atoms with E-state index in [4.69, 9.17) is 0 Å². The van der Waals surface area contributed by atoms with Crippen LogP contribution in [-0.4, -0.2) is 37.3 Å². The van der Waals surface area contributed by atoms with Crippen LogP contribution in [-0.2, 0) is 14.3 Å². The zero-order valence-corrected chi connectivity index (χ0v) is 16.7. The van der Waals surface area contributed by atoms with E-state index in [1.807, 2.05) is 6.92 Å². The van der Waals surface area contributed by atoms with E-state index >= 15 is 0 Å². The van der Waals surface area contributed by atoms with Gasteiger partial charge in [-0.15, -0.1) is 0 Å². The van der Waals surface area contributed by atoms with E-state index in [0.29, 0.717) is 28.4 Å². The maximum absolute atomic E-state index is 12.5. The third-order valence-electron chi connectivity index (χ3n) is 4.86. The van der Waals surface area contributed by atoms with E-state index in [0.717, 1.165) is 6.42 Å². The molecule has 0 bridgehead atoms. The van der Waals surface area contributed by atoms with Crippen molar-refractivity contribution in [1.82, 2.24) is 5.32 Å². The third kappa shape index (κ3) is 5.44. The number of nitrogens with one attached hydrogen (secondary N) is 3. The Kier molecular flexibility index (Phi) is 6.46. The molecule has 156 valence electrons. The fourth-order valence-corrected chi connectivity index (χ4v) is 2.90. The van der Waals surface area contributed by atoms with Gasteiger partial charge in [0.25, 0.3) is 11.8 Å². The van der Waals surface area contributed by atoms with Crippen LogP contribution in [0.5, 0.6) is 0 Å². The highest BCUT2D eigenvalue weighted by molar-refractivity contribution is 6.05. The smallest absolute Gasteiger partial charge is 0.325 e. The van der Waals surface area contributed by atoms with Gasteiger partial charge in [0.2, 0.25) is 5.91 Å². The topological polar surface area (TPSA) is 114 Å². The SMILES string of the molecule is COC(=O)CNC(=O)c1cccc(NC(=O)c2ccc(NC(=O)C3CC3C)cc2)c1. The van der Waals surface area contributed by atoms with Crippen molar-refractivity contribution in [2.45, 2.75) is 13.3 Å². The molecule has 2 atom stereocenters. The second-order valence-electron chi connectivity index (χ2n) is 7.18. The van der Waals surface area contributed by atoms with Crippen LogP contribution in [0.15, 0.2) is 48.5 Å². The van der Waals surface area contributed by atoms with Crippen LogP contribution in [0.4, 0.5) is 11.4 Å². The number of amides is 3. The molecule has 0 aromatic heterocycles. The van der Waals surface area contributed by atoms with Gasteiger partial charge in [0.05, 0.1) is 7.11 Å². The Balaban J connectivity index is 1.58. The summed E-state index contributed by atoms with van der Waals surface area (Å²) in [5.41, 5.74) is 1.78. The minimum atomic E-state index is -0.556. The lowest BCUT2D eigenvalue weighted by atomic mass is 10.1. The van der Waals surface area contributed by atoms with Crippen molar-refractivity contribution in [3.05, 3.63) is 59.7 Å². The summed E-state index contributed by atoms with van der Waals surface area (Å²) < 4.78 is 4.48. The second kappa shape index (κ2) is 9.21. The molecular weight excluding hydrogens is 386 g/mol. The first-order valence-electron chi connectivity index (χ1n) is 9.54. The average molecular weight is 409 g/mol. The molecular formula is C22H23N3O5. The van der Waals surface area contributed by atoms with Crippen LogP contribution in [0.2, 0.25) is 0 Å². The van der Waals surface area contributed by atoms with E-state index in [1.165, 1.54) is 13.2 Å². The first-order valence-corrected chi connectivity index (χ1v) is 9.54. The van der Waals surface area contributed by atoms with Gasteiger partial charge >= 0.3 is 5.97 Å². The summed E-state index contributed by atoms with van der Waals surface area (Å²) in [6, 6.07) is 13.0. The van der Waals surface area contributed by atoms with Crippen LogP contribution in [0.25, 0.3) is 0 Å². The first kappa shape index (κ1) is 21.0. The van der Waals surface area contributed by atoms with Gasteiger partial charge in [-0.3, -0.25) is 19.2 Å². The number of hydrogen-bond acceptors (Lipinski definition) is 5. The van der Waals surface area contributed by atoms with Gasteiger partial charge in [-0.2, -0.15) is 0 Å². The number of ether oxygens (including phenoxy) is 1. The maximum atomic E-state index is 12.5. The molecule has 1 saturated carbocycles. The summed E-state index contributed by atoms with van der Waals surface area (Å²) in [5.74, 6) is -0.864. The molecule has 1 aliphatic carbocycles. The van der Waals surface area contributed by atoms with Crippen molar-refractivity contribution >= 4 is 35.1 Å². The van der Waals surface area contributed by atoms with Crippen LogP contribution in [0, 0.1) is 11.8 Å². The number of rotatable bonds is 7. The highest BCUT2D eigenvalue weighted by Crippen LogP contribution is 2.38. The molecule has 0 saturated heterocycles. The van der Waals surface area contributed by atoms with Gasteiger partial charge in [0.1, 0.15) is 6.54 Å². The molecule has 2 aromatic carbocycles. The standard InChI is InChI=1S/C22H23N3O5/c1-13-10-18(13)22(29)24-16-8-6-14(7-9-16)21(28)25-17-5-3-4-15(11-17)20(27)23-12-19(26)30-2/h3-9,11,13,18H,10,12H2,1-2H3,(H,23,27)(H,24,29)(H,25,28). The fourth-order valence-electron chi connectivity index (χ4n) is 2.90. The van der Waals surface area contributed by atoms with Gasteiger partial charge in [-0.1, -0.05) is 13.0 Å². The van der Waals surface area contributed by atoms with E-state index in [1.54, 1.807) is 42.5 Å². The van der Waals surface area contributed by atoms with Gasteiger partial charge in [0.15, 0.2) is 0 Å². The quantitative estimate of drug-likeness (QED) is 0.608. The normalized spacial score (nSPS) is 16.9. The third-order valence-corrected chi connectivity index (χ3v) is 4.86. The Morgan fingerprint density at radius 2 is 1.63 bits per heavy atom. The Hall–Kier alpha value is -3.68. The Morgan fingerprint density at radius 3 is 2.27 bits per heavy atom. The van der Waals surface area contributed by atoms with Crippen LogP contribution in [0.1, 0.15) is 34.1 Å². The molecule has 0 spiro atoms. The number of anilines is 2. The first-order chi connectivity index (χ1) is 14.4. The number of hydrogen-bond donors (Lipinski definition) is 3. The molecule has 1 fully saturated rings. The lowest BCUT2D eigenvalue weighted by molar-refractivity contribution is -0.139. The molecule has 2 unspecified atom stereocenters. The monoisotopic (exact) mass is 409 g/mol. The van der Waals surface area contributed by atoms with Crippen LogP contribution >= 0.6 is 0 Å². The minimum absolute atomic E-state index is 0.00184. The van der Waals surface area contributed by atoms with Gasteiger partial charge in [0, 0.05) is 28.4 Å². The maximum Gasteiger partial charge on any atom is 0.325 e. The Morgan fingerprint density at radius 1 is 0.933 bits per heavy atom. The largest absolute Gasteiger partial charge is 0.468 e. The predicted molar refractivity (Wildman–Crippen MR) is 111 cm³/mol. The van der Waals surface area contributed by atoms with E-state index < -0.39 is 11.9 Å². The molecule has 0 heterocycles. The zero-order valence-electron chi connectivity index (χ0n) is 16.7. The Bertz CT molecular complexity index is 971. The molecule has 8 heteroatoms. The van der Waals surface area contributed by atoms with Crippen molar-refractivity contribution in [3.8, 4) is 0 Å². The number of carbonyl (C=O) groups is 4. The van der Waals surface area contributed by atoms with Gasteiger partial charge in [-0.25, -0.2) is 0 Å². The summed E-state index contributed by atoms with van der Waals surface area (Å²) in [4.78, 5) is 47.7. The molecule has 3 rings (SSSR count). The van der Waals surface area contributed by atoms with Gasteiger partial charge < -0.3 is 20.7 Å². The van der Waals surface area contributed by atoms with Gasteiger partial charge in [-0.05, 0) is 54.8 Å². The molecule has 30 heavy (non-hydrogen) atoms. The summed E-state index contributed by atoms with van der Waals surface area (Å²) in [5, 5.41) is 8.01. The molecule has 3 N–H and O–H groups in total. The highest BCUT2D eigenvalue weighted by atomic mass is 16.5. The lowest BCUT2D eigenvalue weighted by Crippen LogP contribution is -2.30. The molecule has 0 aliphatic heterocycles. The molecule has 8 nitrogen and oxygen atoms in total. The lowest BCUT2D eigenvalue weighted by Gasteiger charge is -2.09. The minimum Gasteiger partial charge on any atom is -0.468 e. The summed E-state index contributed by atoms with van der Waals surface area (Å²) in [7, 11) is 1.23. The van der Waals surface area contributed by atoms with Crippen molar-refractivity contribution in [2.24, 2.45) is 11.8 Å². The number of benzene rings is 2. The number of methoxy groups -OCH3 is 1. The van der Waals surface area contributed by atoms with Crippen LogP contribution in [0.3, 0.4) is 0 Å². The summed E-state index contributed by atoms with van der Waals surface area (Å²) in [6.45, 7) is 1.80. The summed E-state index contributed by atoms with van der Waals surface area (Å²) >= 11 is 0. The van der Waals surface area contributed by atoms with Crippen molar-refractivity contribution < 1.29 is 23.9 Å². The molecule has 3 amide bonds. The van der Waals surface area contributed by atoms with E-state index in [-0.39, 0.29) is 24.3 Å². The molecule has 1 aliphatic rings. The van der Waals surface area contributed by atoms with Crippen molar-refractivity contribution in [1.29, 1.82) is 0 Å². The Labute approximate surface area is 174 Å². The predicted octanol–water partition coefficient (Wildman–Crippen LogP) is 2.44. The van der Waals surface area contributed by atoms with Crippen molar-refractivity contribution in [3.63, 3.8) is 0 Å². The zero-order chi connectivity index (χ0) is 21.7. The van der Waals surface area contributed by atoms with Crippen LogP contribution < -0.4 is 16.0 Å². The number of carbonyl (C=O) groups excluding carboxylic acids is 4. The van der Waals surface area contributed by atoms with E-state index in [2.05, 4.69) is 20.7 Å². The molecule has 0 radical (unpaired) electrons.